The maximum absolute atomic E-state index is 15.9. The van der Waals surface area contributed by atoms with Crippen LogP contribution in [0.15, 0.2) is 41.3 Å². The van der Waals surface area contributed by atoms with Gasteiger partial charge in [-0.25, -0.2) is 23.1 Å². The lowest BCUT2D eigenvalue weighted by atomic mass is 10.0. The van der Waals surface area contributed by atoms with Crippen LogP contribution in [0.2, 0.25) is 0 Å². The quantitative estimate of drug-likeness (QED) is 0.338. The number of hydrogen-bond acceptors (Lipinski definition) is 8. The number of aromatic hydroxyl groups is 1. The average molecular weight is 590 g/mol. The molecular formula is C31H33F2N7O3. The number of benzene rings is 1. The summed E-state index contributed by atoms with van der Waals surface area (Å²) in [5.74, 6) is -2.07. The average Bonchev–Trinajstić information content (AvgIpc) is 3.79. The van der Waals surface area contributed by atoms with Crippen molar-refractivity contribution >= 4 is 22.8 Å². The van der Waals surface area contributed by atoms with E-state index < -0.39 is 34.3 Å². The molecule has 6 rings (SSSR count). The van der Waals surface area contributed by atoms with Crippen LogP contribution in [0.25, 0.3) is 28.0 Å². The van der Waals surface area contributed by atoms with Crippen LogP contribution in [0.1, 0.15) is 44.9 Å². The van der Waals surface area contributed by atoms with Gasteiger partial charge in [-0.2, -0.15) is 4.98 Å². The summed E-state index contributed by atoms with van der Waals surface area (Å²) in [4.78, 5) is 44.1. The number of nitrogens with one attached hydrogen (secondary N) is 1. The topological polar surface area (TPSA) is 126 Å². The number of anilines is 1. The Kier molecular flexibility index (Phi) is 7.11. The molecule has 2 N–H and O–H groups in total. The molecule has 12 heteroatoms. The summed E-state index contributed by atoms with van der Waals surface area (Å²) in [5, 5.41) is 13.8. The van der Waals surface area contributed by atoms with Crippen molar-refractivity contribution in [2.24, 2.45) is 0 Å². The van der Waals surface area contributed by atoms with Gasteiger partial charge in [-0.1, -0.05) is 19.9 Å². The van der Waals surface area contributed by atoms with Crippen molar-refractivity contribution in [2.75, 3.05) is 24.5 Å². The van der Waals surface area contributed by atoms with Crippen molar-refractivity contribution in [1.29, 1.82) is 0 Å². The lowest BCUT2D eigenvalue weighted by Gasteiger charge is -2.45. The molecule has 3 atom stereocenters. The third-order valence-electron chi connectivity index (χ3n) is 8.14. The largest absolute Gasteiger partial charge is 0.507 e. The Balaban J connectivity index is 1.62. The third kappa shape index (κ3) is 4.89. The lowest BCUT2D eigenvalue weighted by molar-refractivity contribution is -0.131. The smallest absolute Gasteiger partial charge is 0.355 e. The number of rotatable bonds is 5. The molecule has 2 aliphatic rings. The Hall–Kier alpha value is -4.45. The van der Waals surface area contributed by atoms with E-state index in [0.717, 1.165) is 11.6 Å². The Morgan fingerprint density at radius 1 is 1.09 bits per heavy atom. The molecule has 2 aliphatic heterocycles. The van der Waals surface area contributed by atoms with Crippen LogP contribution in [0.5, 0.6) is 5.75 Å². The van der Waals surface area contributed by atoms with Crippen LogP contribution in [-0.4, -0.2) is 73.2 Å². The summed E-state index contributed by atoms with van der Waals surface area (Å²) in [7, 11) is 0. The molecule has 3 aromatic heterocycles. The number of halogens is 2. The number of phenolic OH excluding ortho intramolecular Hbond substituents is 1. The highest BCUT2D eigenvalue weighted by molar-refractivity contribution is 5.91. The second kappa shape index (κ2) is 10.7. The maximum atomic E-state index is 15.9. The standard InChI is InChI=1S/C31H33F2N7O3/c1-15(2)25-27(16(3)9-10-34-25)40-28-19(11-21(33)26(36-28)24-20(32)7-6-8-23(24)41)29(37-31(40)43)39-17(4)13-38(14-18(39)5)30(42)22-12-35-22/h6-11,15,17-18,22,35,41H,12-14H2,1-5H3/t17-,18-,22+/m1/s1. The van der Waals surface area contributed by atoms with E-state index in [0.29, 0.717) is 31.0 Å². The molecule has 0 bridgehead atoms. The molecule has 43 heavy (non-hydrogen) atoms. The highest BCUT2D eigenvalue weighted by Crippen LogP contribution is 2.37. The predicted molar refractivity (Wildman–Crippen MR) is 159 cm³/mol. The van der Waals surface area contributed by atoms with Crippen molar-refractivity contribution in [2.45, 2.75) is 58.7 Å². The first-order chi connectivity index (χ1) is 20.5. The van der Waals surface area contributed by atoms with E-state index >= 15 is 4.39 Å². The summed E-state index contributed by atoms with van der Waals surface area (Å²) in [6, 6.07) is 5.92. The molecule has 0 unspecified atom stereocenters. The Morgan fingerprint density at radius 3 is 2.42 bits per heavy atom. The van der Waals surface area contributed by atoms with Crippen molar-refractivity contribution in [3.05, 3.63) is 69.9 Å². The zero-order chi connectivity index (χ0) is 30.7. The zero-order valence-electron chi connectivity index (χ0n) is 24.6. The van der Waals surface area contributed by atoms with Gasteiger partial charge in [0.05, 0.1) is 28.4 Å². The molecule has 2 saturated heterocycles. The summed E-state index contributed by atoms with van der Waals surface area (Å²) in [6.07, 6.45) is 1.65. The number of aryl methyl sites for hydroxylation is 1. The number of fused-ring (bicyclic) bond motifs is 1. The van der Waals surface area contributed by atoms with Gasteiger partial charge in [0.1, 0.15) is 23.1 Å². The molecule has 224 valence electrons. The first-order valence-corrected chi connectivity index (χ1v) is 14.4. The normalized spacial score (nSPS) is 20.2. The molecule has 0 aliphatic carbocycles. The number of nitrogens with zero attached hydrogens (tertiary/aromatic N) is 6. The molecule has 0 radical (unpaired) electrons. The molecule has 1 aromatic carbocycles. The molecule has 10 nitrogen and oxygen atoms in total. The number of pyridine rings is 2. The van der Waals surface area contributed by atoms with Crippen LogP contribution in [0.4, 0.5) is 14.6 Å². The molecule has 2 fully saturated rings. The van der Waals surface area contributed by atoms with Crippen LogP contribution >= 0.6 is 0 Å². The number of carbonyl (C=O) groups excluding carboxylic acids is 1. The van der Waals surface area contributed by atoms with Gasteiger partial charge in [-0.05, 0) is 56.5 Å². The van der Waals surface area contributed by atoms with E-state index in [1.54, 1.807) is 17.2 Å². The Bertz CT molecular complexity index is 1790. The van der Waals surface area contributed by atoms with Gasteiger partial charge in [-0.3, -0.25) is 9.78 Å². The van der Waals surface area contributed by atoms with E-state index in [2.05, 4.69) is 20.3 Å². The number of amides is 1. The van der Waals surface area contributed by atoms with Crippen molar-refractivity contribution < 1.29 is 18.7 Å². The van der Waals surface area contributed by atoms with Gasteiger partial charge in [0.2, 0.25) is 5.91 Å². The minimum absolute atomic E-state index is 0.0295. The van der Waals surface area contributed by atoms with Crippen LogP contribution in [0, 0.1) is 18.6 Å². The van der Waals surface area contributed by atoms with Crippen molar-refractivity contribution in [1.82, 2.24) is 29.7 Å². The summed E-state index contributed by atoms with van der Waals surface area (Å²) in [5.41, 5.74) is 0.337. The fourth-order valence-corrected chi connectivity index (χ4v) is 6.09. The van der Waals surface area contributed by atoms with Crippen molar-refractivity contribution in [3.63, 3.8) is 0 Å². The van der Waals surface area contributed by atoms with Gasteiger partial charge in [-0.15, -0.1) is 0 Å². The third-order valence-corrected chi connectivity index (χ3v) is 8.14. The highest BCUT2D eigenvalue weighted by atomic mass is 19.1. The van der Waals surface area contributed by atoms with Gasteiger partial charge in [0.15, 0.2) is 11.5 Å². The second-order valence-electron chi connectivity index (χ2n) is 11.7. The van der Waals surface area contributed by atoms with Gasteiger partial charge >= 0.3 is 5.69 Å². The molecule has 1 amide bonds. The first-order valence-electron chi connectivity index (χ1n) is 14.4. The summed E-state index contributed by atoms with van der Waals surface area (Å²) >= 11 is 0. The highest BCUT2D eigenvalue weighted by Gasteiger charge is 2.39. The molecule has 0 spiro atoms. The predicted octanol–water partition coefficient (Wildman–Crippen LogP) is 3.66. The fraction of sp³-hybridized carbons (Fsp3) is 0.387. The first kappa shape index (κ1) is 28.7. The van der Waals surface area contributed by atoms with E-state index in [-0.39, 0.29) is 46.8 Å². The van der Waals surface area contributed by atoms with Gasteiger partial charge in [0, 0.05) is 37.9 Å². The molecule has 4 aromatic rings. The van der Waals surface area contributed by atoms with Crippen LogP contribution in [0.3, 0.4) is 0 Å². The summed E-state index contributed by atoms with van der Waals surface area (Å²) in [6.45, 7) is 11.0. The fourth-order valence-electron chi connectivity index (χ4n) is 6.09. The number of aromatic nitrogens is 4. The van der Waals surface area contributed by atoms with E-state index in [1.165, 1.54) is 22.8 Å². The molecular weight excluding hydrogens is 556 g/mol. The van der Waals surface area contributed by atoms with E-state index in [9.17, 15) is 19.1 Å². The minimum atomic E-state index is -0.887. The Labute approximate surface area is 247 Å². The van der Waals surface area contributed by atoms with Crippen LogP contribution < -0.4 is 15.9 Å². The summed E-state index contributed by atoms with van der Waals surface area (Å²) < 4.78 is 32.2. The Morgan fingerprint density at radius 2 is 1.79 bits per heavy atom. The van der Waals surface area contributed by atoms with Gasteiger partial charge < -0.3 is 20.2 Å². The van der Waals surface area contributed by atoms with E-state index in [4.69, 9.17) is 0 Å². The molecule has 5 heterocycles. The van der Waals surface area contributed by atoms with Gasteiger partial charge in [0.25, 0.3) is 0 Å². The lowest BCUT2D eigenvalue weighted by Crippen LogP contribution is -2.59. The molecule has 0 saturated carbocycles. The maximum Gasteiger partial charge on any atom is 0.355 e. The second-order valence-corrected chi connectivity index (χ2v) is 11.7. The number of piperazine rings is 1. The SMILES string of the molecule is Cc1ccnc(C(C)C)c1-n1c(=O)nc(N2[C@H](C)CN(C(=O)[C@@H]3CN3)C[C@H]2C)c2cc(F)c(-c3c(O)cccc3F)nc21. The monoisotopic (exact) mass is 589 g/mol. The zero-order valence-corrected chi connectivity index (χ0v) is 24.6. The van der Waals surface area contributed by atoms with Crippen molar-refractivity contribution in [3.8, 4) is 22.7 Å². The number of carbonyl (C=O) groups is 1. The number of hydrogen-bond donors (Lipinski definition) is 2. The van der Waals surface area contributed by atoms with E-state index in [1.807, 2.05) is 39.5 Å². The van der Waals surface area contributed by atoms with Crippen LogP contribution in [-0.2, 0) is 4.79 Å². The number of phenols is 1. The minimum Gasteiger partial charge on any atom is -0.507 e.